The number of hydrogen-bond donors (Lipinski definition) is 0. The van der Waals surface area contributed by atoms with Gasteiger partial charge in [0.15, 0.2) is 0 Å². The first-order valence-corrected chi connectivity index (χ1v) is 9.53. The molecule has 2 aliphatic heterocycles. The molecule has 0 amide bonds. The van der Waals surface area contributed by atoms with Gasteiger partial charge in [0.2, 0.25) is 0 Å². The van der Waals surface area contributed by atoms with Gasteiger partial charge in [-0.15, -0.1) is 11.3 Å². The van der Waals surface area contributed by atoms with Crippen LogP contribution in [0.15, 0.2) is 24.3 Å². The Morgan fingerprint density at radius 3 is 2.88 bits per heavy atom. The van der Waals surface area contributed by atoms with Crippen molar-refractivity contribution >= 4 is 11.3 Å². The number of rotatable bonds is 3. The Bertz CT molecular complexity index is 754. The topological polar surface area (TPSA) is 12.5 Å². The molecule has 0 saturated heterocycles. The summed E-state index contributed by atoms with van der Waals surface area (Å²) in [6.07, 6.45) is 1.22. The minimum absolute atomic E-state index is 0.302. The van der Waals surface area contributed by atoms with E-state index in [4.69, 9.17) is 4.74 Å². The highest BCUT2D eigenvalue weighted by molar-refractivity contribution is 7.12. The Morgan fingerprint density at radius 1 is 1.29 bits per heavy atom. The zero-order valence-electron chi connectivity index (χ0n) is 14.5. The van der Waals surface area contributed by atoms with Crippen LogP contribution >= 0.6 is 11.3 Å². The second-order valence-electron chi connectivity index (χ2n) is 7.37. The van der Waals surface area contributed by atoms with Crippen molar-refractivity contribution in [3.63, 3.8) is 0 Å². The van der Waals surface area contributed by atoms with E-state index in [9.17, 15) is 4.39 Å². The zero-order valence-corrected chi connectivity index (χ0v) is 15.3. The molecule has 0 N–H and O–H groups in total. The van der Waals surface area contributed by atoms with Crippen molar-refractivity contribution in [1.29, 1.82) is 0 Å². The molecule has 0 bridgehead atoms. The minimum atomic E-state index is -0.929. The summed E-state index contributed by atoms with van der Waals surface area (Å²) in [6.45, 7) is 5.89. The van der Waals surface area contributed by atoms with Gasteiger partial charge in [0, 0.05) is 35.3 Å². The number of thiophene rings is 1. The summed E-state index contributed by atoms with van der Waals surface area (Å²) in [6, 6.07) is 8.56. The molecule has 2 unspecified atom stereocenters. The monoisotopic (exact) mass is 345 g/mol. The van der Waals surface area contributed by atoms with E-state index in [-0.39, 0.29) is 0 Å². The van der Waals surface area contributed by atoms with Crippen LogP contribution in [-0.2, 0) is 19.4 Å². The minimum Gasteiger partial charge on any atom is -0.497 e. The summed E-state index contributed by atoms with van der Waals surface area (Å²) in [5, 5.41) is 0. The van der Waals surface area contributed by atoms with Crippen LogP contribution in [0.1, 0.15) is 52.5 Å². The third-order valence-corrected chi connectivity index (χ3v) is 6.36. The number of fused-ring (bicyclic) bond motifs is 4. The van der Waals surface area contributed by atoms with Crippen LogP contribution in [-0.4, -0.2) is 18.6 Å². The van der Waals surface area contributed by atoms with E-state index in [1.54, 1.807) is 7.11 Å². The maximum absolute atomic E-state index is 14.7. The van der Waals surface area contributed by atoms with Crippen LogP contribution in [0.5, 0.6) is 5.75 Å². The normalized spacial score (nSPS) is 22.9. The lowest BCUT2D eigenvalue weighted by Gasteiger charge is -2.41. The fourth-order valence-electron chi connectivity index (χ4n) is 4.03. The van der Waals surface area contributed by atoms with Crippen LogP contribution in [0, 0.1) is 5.92 Å². The van der Waals surface area contributed by atoms with Gasteiger partial charge >= 0.3 is 0 Å². The van der Waals surface area contributed by atoms with Gasteiger partial charge in [0.1, 0.15) is 11.9 Å². The summed E-state index contributed by atoms with van der Waals surface area (Å²) in [5.74, 6) is 1.42. The third kappa shape index (κ3) is 2.76. The Hall–Kier alpha value is -1.39. The summed E-state index contributed by atoms with van der Waals surface area (Å²) in [7, 11) is 1.64. The van der Waals surface area contributed by atoms with Crippen molar-refractivity contribution in [3.05, 3.63) is 50.7 Å². The average molecular weight is 345 g/mol. The maximum atomic E-state index is 14.7. The largest absolute Gasteiger partial charge is 0.497 e. The third-order valence-electron chi connectivity index (χ3n) is 5.14. The van der Waals surface area contributed by atoms with E-state index in [1.807, 2.05) is 23.5 Å². The number of alkyl halides is 1. The predicted octanol–water partition coefficient (Wildman–Crippen LogP) is 5.08. The molecule has 2 atom stereocenters. The molecule has 0 radical (unpaired) electrons. The molecule has 0 saturated carbocycles. The molecule has 4 rings (SSSR count). The predicted molar refractivity (Wildman–Crippen MR) is 96.6 cm³/mol. The standard InChI is InChI=1S/C20H24FNOS/c1-12(2)6-15-7-13-10-22-11-18(21)17-8-14(23-3)4-5-16(17)19(22)9-20(13)24-15/h4-5,7-8,12,18-19H,6,9-11H2,1-3H3. The first kappa shape index (κ1) is 16.1. The van der Waals surface area contributed by atoms with Crippen molar-refractivity contribution in [2.24, 2.45) is 5.92 Å². The average Bonchev–Trinajstić information content (AvgIpc) is 2.93. The van der Waals surface area contributed by atoms with E-state index >= 15 is 0 Å². The van der Waals surface area contributed by atoms with Crippen LogP contribution < -0.4 is 4.74 Å². The highest BCUT2D eigenvalue weighted by atomic mass is 32.1. The van der Waals surface area contributed by atoms with Crippen LogP contribution in [0.4, 0.5) is 4.39 Å². The smallest absolute Gasteiger partial charge is 0.138 e. The summed E-state index contributed by atoms with van der Waals surface area (Å²) >= 11 is 1.96. The number of nitrogens with zero attached hydrogens (tertiary/aromatic N) is 1. The van der Waals surface area contributed by atoms with Crippen molar-refractivity contribution < 1.29 is 9.13 Å². The molecular formula is C20H24FNOS. The van der Waals surface area contributed by atoms with Crippen molar-refractivity contribution in [3.8, 4) is 5.75 Å². The lowest BCUT2D eigenvalue weighted by atomic mass is 9.86. The number of benzene rings is 1. The van der Waals surface area contributed by atoms with E-state index in [0.29, 0.717) is 18.5 Å². The zero-order chi connectivity index (χ0) is 16.8. The van der Waals surface area contributed by atoms with Gasteiger partial charge in [-0.2, -0.15) is 0 Å². The molecule has 0 aliphatic carbocycles. The Morgan fingerprint density at radius 2 is 2.12 bits per heavy atom. The fourth-order valence-corrected chi connectivity index (χ4v) is 5.46. The van der Waals surface area contributed by atoms with E-state index < -0.39 is 6.17 Å². The maximum Gasteiger partial charge on any atom is 0.138 e. The molecule has 1 aromatic carbocycles. The lowest BCUT2D eigenvalue weighted by molar-refractivity contribution is 0.104. The summed E-state index contributed by atoms with van der Waals surface area (Å²) < 4.78 is 20.0. The van der Waals surface area contributed by atoms with Gasteiger partial charge < -0.3 is 4.74 Å². The quantitative estimate of drug-likeness (QED) is 0.769. The van der Waals surface area contributed by atoms with Crippen molar-refractivity contribution in [2.45, 2.75) is 45.4 Å². The number of methoxy groups -OCH3 is 1. The van der Waals surface area contributed by atoms with E-state index in [1.165, 1.54) is 15.3 Å². The van der Waals surface area contributed by atoms with E-state index in [0.717, 1.165) is 36.3 Å². The van der Waals surface area contributed by atoms with Gasteiger partial charge in [-0.25, -0.2) is 4.39 Å². The molecule has 0 fully saturated rings. The van der Waals surface area contributed by atoms with Gasteiger partial charge in [0.05, 0.1) is 7.11 Å². The molecule has 2 aromatic rings. The fraction of sp³-hybridized carbons (Fsp3) is 0.500. The Balaban J connectivity index is 1.67. The molecule has 128 valence electrons. The van der Waals surface area contributed by atoms with Gasteiger partial charge in [-0.1, -0.05) is 19.9 Å². The summed E-state index contributed by atoms with van der Waals surface area (Å²) in [5.41, 5.74) is 3.37. The number of halogens is 1. The molecule has 0 spiro atoms. The van der Waals surface area contributed by atoms with E-state index in [2.05, 4.69) is 30.9 Å². The second kappa shape index (κ2) is 6.16. The van der Waals surface area contributed by atoms with Gasteiger partial charge in [-0.05, 0) is 47.2 Å². The van der Waals surface area contributed by atoms with Crippen LogP contribution in [0.25, 0.3) is 0 Å². The highest BCUT2D eigenvalue weighted by Crippen LogP contribution is 2.45. The first-order chi connectivity index (χ1) is 11.5. The van der Waals surface area contributed by atoms with Crippen LogP contribution in [0.3, 0.4) is 0 Å². The van der Waals surface area contributed by atoms with Gasteiger partial charge in [-0.3, -0.25) is 4.90 Å². The molecular weight excluding hydrogens is 321 g/mol. The Labute approximate surface area is 147 Å². The second-order valence-corrected chi connectivity index (χ2v) is 8.59. The Kier molecular flexibility index (Phi) is 4.13. The highest BCUT2D eigenvalue weighted by Gasteiger charge is 2.37. The molecule has 4 heteroatoms. The first-order valence-electron chi connectivity index (χ1n) is 8.71. The van der Waals surface area contributed by atoms with Crippen molar-refractivity contribution in [2.75, 3.05) is 13.7 Å². The van der Waals surface area contributed by atoms with Gasteiger partial charge in [0.25, 0.3) is 0 Å². The molecule has 1 aromatic heterocycles. The van der Waals surface area contributed by atoms with Crippen molar-refractivity contribution in [1.82, 2.24) is 4.90 Å². The molecule has 24 heavy (non-hydrogen) atoms. The lowest BCUT2D eigenvalue weighted by Crippen LogP contribution is -2.39. The van der Waals surface area contributed by atoms with Crippen LogP contribution in [0.2, 0.25) is 0 Å². The SMILES string of the molecule is COc1ccc2c(c1)C(F)CN1Cc3cc(CC(C)C)sc3CC21. The number of ether oxygens (including phenoxy) is 1. The number of hydrogen-bond acceptors (Lipinski definition) is 3. The molecule has 2 nitrogen and oxygen atoms in total. The molecule has 3 heterocycles. The molecule has 2 aliphatic rings. The summed E-state index contributed by atoms with van der Waals surface area (Å²) in [4.78, 5) is 5.28.